The van der Waals surface area contributed by atoms with Gasteiger partial charge in [-0.1, -0.05) is 35.2 Å². The summed E-state index contributed by atoms with van der Waals surface area (Å²) in [5.41, 5.74) is 0.594. The Balaban J connectivity index is 2.11. The Hall–Kier alpha value is -0.480. The highest BCUT2D eigenvalue weighted by atomic mass is 79.9. The summed E-state index contributed by atoms with van der Waals surface area (Å²) in [6.45, 7) is 2.14. The average molecular weight is 328 g/mol. The fraction of sp³-hybridized carbons (Fsp3) is 0.500. The molecule has 0 radical (unpaired) electrons. The quantitative estimate of drug-likeness (QED) is 0.783. The third-order valence-electron chi connectivity index (χ3n) is 3.58. The van der Waals surface area contributed by atoms with Crippen LogP contribution in [0.5, 0.6) is 0 Å². The van der Waals surface area contributed by atoms with E-state index in [-0.39, 0.29) is 11.4 Å². The predicted octanol–water partition coefficient (Wildman–Crippen LogP) is 4.19. The van der Waals surface area contributed by atoms with Gasteiger partial charge >= 0.3 is 0 Å². The molecule has 18 heavy (non-hydrogen) atoms. The number of benzene rings is 1. The molecule has 2 nitrogen and oxygen atoms in total. The number of rotatable bonds is 2. The molecule has 0 heterocycles. The molecule has 1 fully saturated rings. The zero-order valence-corrected chi connectivity index (χ0v) is 13.0. The largest absolute Gasteiger partial charge is 0.347 e. The Kier molecular flexibility index (Phi) is 4.38. The van der Waals surface area contributed by atoms with Crippen molar-refractivity contribution in [3.8, 4) is 0 Å². The molecule has 98 valence electrons. The van der Waals surface area contributed by atoms with Gasteiger partial charge in [-0.25, -0.2) is 0 Å². The first-order valence-corrected chi connectivity index (χ1v) is 7.55. The van der Waals surface area contributed by atoms with Crippen molar-refractivity contribution in [3.05, 3.63) is 28.2 Å². The molecular weight excluding hydrogens is 310 g/mol. The molecule has 0 bridgehead atoms. The number of nitrogens with one attached hydrogen (secondary N) is 1. The lowest BCUT2D eigenvalue weighted by atomic mass is 9.83. The van der Waals surface area contributed by atoms with Crippen LogP contribution in [0.25, 0.3) is 0 Å². The Morgan fingerprint density at radius 2 is 2.00 bits per heavy atom. The van der Waals surface area contributed by atoms with Gasteiger partial charge < -0.3 is 5.32 Å². The normalized spacial score (nSPS) is 18.4. The summed E-state index contributed by atoms with van der Waals surface area (Å²) in [5, 5.41) is 3.17. The monoisotopic (exact) mass is 327 g/mol. The lowest BCUT2D eigenvalue weighted by Gasteiger charge is -2.34. The van der Waals surface area contributed by atoms with E-state index in [9.17, 15) is 4.79 Å². The highest BCUT2D eigenvalue weighted by molar-refractivity contribution is 9.10. The van der Waals surface area contributed by atoms with Crippen molar-refractivity contribution < 1.29 is 4.79 Å². The van der Waals surface area contributed by atoms with Crippen molar-refractivity contribution in [2.45, 2.75) is 49.5 Å². The second-order valence-corrected chi connectivity index (χ2v) is 6.63. The Morgan fingerprint density at radius 1 is 1.33 bits per heavy atom. The molecule has 0 unspecified atom stereocenters. The van der Waals surface area contributed by atoms with Gasteiger partial charge in [0.1, 0.15) is 0 Å². The van der Waals surface area contributed by atoms with Crippen LogP contribution in [0.2, 0.25) is 0 Å². The van der Waals surface area contributed by atoms with Gasteiger partial charge in [-0.2, -0.15) is 0 Å². The van der Waals surface area contributed by atoms with Gasteiger partial charge in [-0.3, -0.25) is 4.79 Å². The lowest BCUT2D eigenvalue weighted by molar-refractivity contribution is 0.0879. The summed E-state index contributed by atoms with van der Waals surface area (Å²) in [5.74, 6) is -0.0168. The van der Waals surface area contributed by atoms with Crippen molar-refractivity contribution in [2.75, 3.05) is 0 Å². The maximum Gasteiger partial charge on any atom is 0.252 e. The van der Waals surface area contributed by atoms with Crippen LogP contribution in [0, 0.1) is 0 Å². The van der Waals surface area contributed by atoms with Crippen LogP contribution in [0.3, 0.4) is 0 Å². The van der Waals surface area contributed by atoms with Gasteiger partial charge in [0.25, 0.3) is 5.91 Å². The van der Waals surface area contributed by atoms with Crippen LogP contribution in [0.4, 0.5) is 0 Å². The molecule has 4 heteroatoms. The molecule has 1 aliphatic carbocycles. The second-order valence-electron chi connectivity index (χ2n) is 5.24. The second kappa shape index (κ2) is 5.66. The molecule has 0 saturated heterocycles. The number of hydrogen-bond acceptors (Lipinski definition) is 2. The number of carbonyl (C=O) groups excluding carboxylic acids is 1. The molecule has 0 aromatic heterocycles. The highest BCUT2D eigenvalue weighted by Gasteiger charge is 2.29. The van der Waals surface area contributed by atoms with E-state index >= 15 is 0 Å². The Morgan fingerprint density at radius 3 is 2.61 bits per heavy atom. The number of halogens is 1. The van der Waals surface area contributed by atoms with E-state index in [4.69, 9.17) is 0 Å². The van der Waals surface area contributed by atoms with E-state index in [0.29, 0.717) is 10.5 Å². The molecule has 1 aliphatic rings. The first-order valence-electron chi connectivity index (χ1n) is 6.31. The van der Waals surface area contributed by atoms with Crippen LogP contribution in [-0.4, -0.2) is 11.4 Å². The maximum absolute atomic E-state index is 12.3. The first-order chi connectivity index (χ1) is 8.50. The van der Waals surface area contributed by atoms with E-state index in [1.165, 1.54) is 19.3 Å². The summed E-state index contributed by atoms with van der Waals surface area (Å²) < 4.78 is 0.938. The topological polar surface area (TPSA) is 29.1 Å². The number of thiol groups is 1. The maximum atomic E-state index is 12.3. The lowest BCUT2D eigenvalue weighted by Crippen LogP contribution is -2.47. The zero-order chi connectivity index (χ0) is 13.2. The zero-order valence-electron chi connectivity index (χ0n) is 10.5. The highest BCUT2D eigenvalue weighted by Crippen LogP contribution is 2.28. The summed E-state index contributed by atoms with van der Waals surface area (Å²) in [4.78, 5) is 13.0. The molecule has 0 aliphatic heterocycles. The molecule has 2 rings (SSSR count). The van der Waals surface area contributed by atoms with Crippen LogP contribution in [0.15, 0.2) is 27.6 Å². The molecule has 1 aromatic rings. The van der Waals surface area contributed by atoms with Crippen molar-refractivity contribution in [1.82, 2.24) is 5.32 Å². The number of carbonyl (C=O) groups is 1. The van der Waals surface area contributed by atoms with Gasteiger partial charge in [-0.15, -0.1) is 12.6 Å². The van der Waals surface area contributed by atoms with Crippen molar-refractivity contribution in [1.29, 1.82) is 0 Å². The standard InChI is InChI=1S/C14H18BrNOS/c1-14(7-3-2-4-8-14)16-13(17)11-6-5-10(15)9-12(11)18/h5-6,9,18H,2-4,7-8H2,1H3,(H,16,17). The fourth-order valence-corrected chi connectivity index (χ4v) is 3.35. The summed E-state index contributed by atoms with van der Waals surface area (Å²) in [7, 11) is 0. The van der Waals surface area contributed by atoms with Crippen LogP contribution < -0.4 is 5.32 Å². The Labute approximate surface area is 122 Å². The van der Waals surface area contributed by atoms with Gasteiger partial charge in [-0.05, 0) is 38.0 Å². The SMILES string of the molecule is CC1(NC(=O)c2ccc(Br)cc2S)CCCCC1. The molecule has 0 atom stereocenters. The van der Waals surface area contributed by atoms with E-state index in [1.54, 1.807) is 0 Å². The van der Waals surface area contributed by atoms with Crippen LogP contribution in [-0.2, 0) is 0 Å². The summed E-state index contributed by atoms with van der Waals surface area (Å²) in [6.07, 6.45) is 5.81. The third-order valence-corrected chi connectivity index (χ3v) is 4.44. The predicted molar refractivity (Wildman–Crippen MR) is 80.4 cm³/mol. The van der Waals surface area contributed by atoms with Crippen LogP contribution in [0.1, 0.15) is 49.4 Å². The van der Waals surface area contributed by atoms with Crippen LogP contribution >= 0.6 is 28.6 Å². The molecule has 0 spiro atoms. The minimum Gasteiger partial charge on any atom is -0.347 e. The van der Waals surface area contributed by atoms with E-state index in [2.05, 4.69) is 40.8 Å². The molecular formula is C14H18BrNOS. The molecule has 1 N–H and O–H groups in total. The molecule has 1 aromatic carbocycles. The van der Waals surface area contributed by atoms with E-state index in [1.807, 2.05) is 18.2 Å². The van der Waals surface area contributed by atoms with Crippen molar-refractivity contribution in [2.24, 2.45) is 0 Å². The smallest absolute Gasteiger partial charge is 0.252 e. The van der Waals surface area contributed by atoms with Gasteiger partial charge in [0.05, 0.1) is 5.56 Å². The van der Waals surface area contributed by atoms with E-state index in [0.717, 1.165) is 17.3 Å². The fourth-order valence-electron chi connectivity index (χ4n) is 2.50. The van der Waals surface area contributed by atoms with Gasteiger partial charge in [0.15, 0.2) is 0 Å². The van der Waals surface area contributed by atoms with Gasteiger partial charge in [0, 0.05) is 14.9 Å². The summed E-state index contributed by atoms with van der Waals surface area (Å²) in [6, 6.07) is 5.53. The first kappa shape index (κ1) is 13.9. The Bertz CT molecular complexity index is 455. The number of hydrogen-bond donors (Lipinski definition) is 2. The number of amides is 1. The average Bonchev–Trinajstić information content (AvgIpc) is 2.28. The van der Waals surface area contributed by atoms with Crippen molar-refractivity contribution >= 4 is 34.5 Å². The molecule has 1 saturated carbocycles. The third kappa shape index (κ3) is 3.29. The van der Waals surface area contributed by atoms with E-state index < -0.39 is 0 Å². The minimum absolute atomic E-state index is 0.0168. The minimum atomic E-state index is -0.0530. The summed E-state index contributed by atoms with van der Waals surface area (Å²) >= 11 is 7.74. The van der Waals surface area contributed by atoms with Gasteiger partial charge in [0.2, 0.25) is 0 Å². The molecule has 1 amide bonds. The van der Waals surface area contributed by atoms with Crippen molar-refractivity contribution in [3.63, 3.8) is 0 Å².